The van der Waals surface area contributed by atoms with E-state index in [0.717, 1.165) is 5.69 Å². The molecule has 0 unspecified atom stereocenters. The van der Waals surface area contributed by atoms with Crippen molar-refractivity contribution in [1.29, 1.82) is 0 Å². The lowest BCUT2D eigenvalue weighted by molar-refractivity contribution is 0.383. The molecule has 0 atom stereocenters. The molecule has 3 heterocycles. The number of para-hydroxylation sites is 1. The Morgan fingerprint density at radius 2 is 1.67 bits per heavy atom. The Morgan fingerprint density at radius 3 is 2.27 bits per heavy atom. The van der Waals surface area contributed by atoms with Gasteiger partial charge in [-0.15, -0.1) is 10.2 Å². The van der Waals surface area contributed by atoms with Crippen LogP contribution in [0.1, 0.15) is 17.3 Å². The summed E-state index contributed by atoms with van der Waals surface area (Å²) in [6.45, 7) is 6.58. The Kier molecular flexibility index (Phi) is 5.15. The molecule has 1 saturated heterocycles. The van der Waals surface area contributed by atoms with Crippen LogP contribution in [0.15, 0.2) is 33.6 Å². The predicted octanol–water partition coefficient (Wildman–Crippen LogP) is 2.65. The van der Waals surface area contributed by atoms with E-state index in [2.05, 4.69) is 10.2 Å². The lowest BCUT2D eigenvalue weighted by atomic mass is 10.2. The number of nitrogens with zero attached hydrogens (tertiary/aromatic N) is 5. The molecule has 0 saturated carbocycles. The highest BCUT2D eigenvalue weighted by Crippen LogP contribution is 2.36. The summed E-state index contributed by atoms with van der Waals surface area (Å²) >= 11 is 0. The van der Waals surface area contributed by atoms with Gasteiger partial charge >= 0.3 is 0 Å². The van der Waals surface area contributed by atoms with Crippen molar-refractivity contribution in [3.8, 4) is 11.5 Å². The highest BCUT2D eigenvalue weighted by molar-refractivity contribution is 7.89. The zero-order valence-electron chi connectivity index (χ0n) is 17.4. The minimum absolute atomic E-state index is 0.186. The molecule has 4 rings (SSSR count). The molecule has 0 radical (unpaired) electrons. The maximum Gasteiger partial charge on any atom is 0.250 e. The molecular formula is C20H24FN5O3S. The minimum atomic E-state index is -3.82. The number of hydrogen-bond donors (Lipinski definition) is 0. The molecule has 0 spiro atoms. The van der Waals surface area contributed by atoms with Crippen LogP contribution < -0.4 is 4.90 Å². The zero-order valence-corrected chi connectivity index (χ0v) is 18.2. The molecular weight excluding hydrogens is 409 g/mol. The zero-order chi connectivity index (χ0) is 21.6. The van der Waals surface area contributed by atoms with E-state index >= 15 is 0 Å². The Hall–Kier alpha value is -2.72. The molecule has 3 aromatic rings. The quantitative estimate of drug-likeness (QED) is 0.629. The number of aryl methyl sites for hydroxylation is 1. The average molecular weight is 434 g/mol. The van der Waals surface area contributed by atoms with Crippen LogP contribution in [0.2, 0.25) is 0 Å². The van der Waals surface area contributed by atoms with Gasteiger partial charge in [-0.3, -0.25) is 0 Å². The third kappa shape index (κ3) is 3.29. The summed E-state index contributed by atoms with van der Waals surface area (Å²) < 4.78 is 50.2. The molecule has 160 valence electrons. The van der Waals surface area contributed by atoms with Crippen LogP contribution in [0.5, 0.6) is 0 Å². The van der Waals surface area contributed by atoms with Gasteiger partial charge in [-0.1, -0.05) is 12.1 Å². The number of rotatable bonds is 4. The maximum absolute atomic E-state index is 14.1. The fourth-order valence-corrected chi connectivity index (χ4v) is 5.79. The van der Waals surface area contributed by atoms with E-state index in [1.807, 2.05) is 23.4 Å². The molecule has 0 aliphatic carbocycles. The van der Waals surface area contributed by atoms with Crippen LogP contribution in [0.4, 0.5) is 10.1 Å². The van der Waals surface area contributed by atoms with E-state index < -0.39 is 10.0 Å². The molecule has 0 amide bonds. The van der Waals surface area contributed by atoms with Crippen molar-refractivity contribution in [3.63, 3.8) is 0 Å². The van der Waals surface area contributed by atoms with Gasteiger partial charge < -0.3 is 13.9 Å². The summed E-state index contributed by atoms with van der Waals surface area (Å²) in [6, 6.07) is 6.53. The summed E-state index contributed by atoms with van der Waals surface area (Å²) in [7, 11) is -2.00. The van der Waals surface area contributed by atoms with Crippen molar-refractivity contribution in [1.82, 2.24) is 19.1 Å². The molecule has 1 aromatic carbocycles. The summed E-state index contributed by atoms with van der Waals surface area (Å²) in [5.41, 5.74) is 2.27. The first-order chi connectivity index (χ1) is 14.2. The Labute approximate surface area is 175 Å². The van der Waals surface area contributed by atoms with Gasteiger partial charge in [0.05, 0.1) is 11.3 Å². The third-order valence-corrected chi connectivity index (χ3v) is 7.75. The molecule has 30 heavy (non-hydrogen) atoms. The predicted molar refractivity (Wildman–Crippen MR) is 110 cm³/mol. The largest absolute Gasteiger partial charge is 0.421 e. The highest BCUT2D eigenvalue weighted by Gasteiger charge is 2.36. The van der Waals surface area contributed by atoms with E-state index in [-0.39, 0.29) is 29.7 Å². The lowest BCUT2D eigenvalue weighted by Gasteiger charge is -2.35. The average Bonchev–Trinajstić information content (AvgIpc) is 3.25. The van der Waals surface area contributed by atoms with Crippen molar-refractivity contribution < 1.29 is 17.2 Å². The second-order valence-corrected chi connectivity index (χ2v) is 9.28. The molecule has 2 aromatic heterocycles. The second kappa shape index (κ2) is 7.51. The first-order valence-corrected chi connectivity index (χ1v) is 11.1. The summed E-state index contributed by atoms with van der Waals surface area (Å²) in [4.78, 5) is 2.05. The first kappa shape index (κ1) is 20.5. The van der Waals surface area contributed by atoms with E-state index in [1.54, 1.807) is 32.0 Å². The number of piperazine rings is 1. The smallest absolute Gasteiger partial charge is 0.250 e. The number of benzene rings is 1. The van der Waals surface area contributed by atoms with Crippen LogP contribution in [-0.2, 0) is 17.1 Å². The SMILES string of the molecule is Cc1nnc(-c2c(S(=O)(=O)N3CCN(c4ccccc4F)CC3)c(C)n(C)c2C)o1. The standard InChI is InChI=1S/C20H24FN5O3S/c1-13-18(20-23-22-15(3)29-20)19(14(2)24(13)4)30(27,28)26-11-9-25(10-12-26)17-8-6-5-7-16(17)21/h5-8H,9-12H2,1-4H3. The van der Waals surface area contributed by atoms with Crippen LogP contribution in [0.3, 0.4) is 0 Å². The number of aromatic nitrogens is 3. The number of anilines is 1. The first-order valence-electron chi connectivity index (χ1n) is 9.67. The molecule has 10 heteroatoms. The molecule has 8 nitrogen and oxygen atoms in total. The molecule has 0 bridgehead atoms. The number of halogens is 1. The van der Waals surface area contributed by atoms with E-state index in [0.29, 0.717) is 35.9 Å². The Bertz CT molecular complexity index is 1190. The van der Waals surface area contributed by atoms with Gasteiger partial charge in [-0.2, -0.15) is 4.31 Å². The Balaban J connectivity index is 1.67. The fourth-order valence-electron chi connectivity index (χ4n) is 3.89. The van der Waals surface area contributed by atoms with Gasteiger partial charge in [0.15, 0.2) is 0 Å². The van der Waals surface area contributed by atoms with E-state index in [1.165, 1.54) is 10.4 Å². The van der Waals surface area contributed by atoms with Gasteiger partial charge in [0.25, 0.3) is 5.89 Å². The van der Waals surface area contributed by atoms with E-state index in [4.69, 9.17) is 4.42 Å². The summed E-state index contributed by atoms with van der Waals surface area (Å²) in [6.07, 6.45) is 0. The number of sulfonamides is 1. The van der Waals surface area contributed by atoms with Crippen molar-refractivity contribution in [2.45, 2.75) is 25.7 Å². The third-order valence-electron chi connectivity index (χ3n) is 5.69. The minimum Gasteiger partial charge on any atom is -0.421 e. The van der Waals surface area contributed by atoms with Crippen LogP contribution in [-0.4, -0.2) is 53.7 Å². The van der Waals surface area contributed by atoms with Crippen molar-refractivity contribution in [2.24, 2.45) is 7.05 Å². The monoisotopic (exact) mass is 433 g/mol. The normalized spacial score (nSPS) is 15.7. The molecule has 1 aliphatic rings. The molecule has 1 aliphatic heterocycles. The summed E-state index contributed by atoms with van der Waals surface area (Å²) in [5, 5.41) is 7.90. The van der Waals surface area contributed by atoms with Crippen LogP contribution >= 0.6 is 0 Å². The topological polar surface area (TPSA) is 84.5 Å². The second-order valence-electron chi connectivity index (χ2n) is 7.40. The van der Waals surface area contributed by atoms with Gasteiger partial charge in [0.2, 0.25) is 15.9 Å². The van der Waals surface area contributed by atoms with E-state index in [9.17, 15) is 12.8 Å². The molecule has 1 fully saturated rings. The van der Waals surface area contributed by atoms with Gasteiger partial charge in [-0.25, -0.2) is 12.8 Å². The lowest BCUT2D eigenvalue weighted by Crippen LogP contribution is -2.49. The summed E-state index contributed by atoms with van der Waals surface area (Å²) in [5.74, 6) is 0.252. The highest BCUT2D eigenvalue weighted by atomic mass is 32.2. The maximum atomic E-state index is 14.1. The van der Waals surface area contributed by atoms with Crippen molar-refractivity contribution in [2.75, 3.05) is 31.1 Å². The number of hydrogen-bond acceptors (Lipinski definition) is 6. The van der Waals surface area contributed by atoms with Crippen molar-refractivity contribution in [3.05, 3.63) is 47.4 Å². The molecule has 0 N–H and O–H groups in total. The van der Waals surface area contributed by atoms with Gasteiger partial charge in [0.1, 0.15) is 10.7 Å². The fraction of sp³-hybridized carbons (Fsp3) is 0.400. The van der Waals surface area contributed by atoms with Crippen LogP contribution in [0.25, 0.3) is 11.5 Å². The Morgan fingerprint density at radius 1 is 1.00 bits per heavy atom. The van der Waals surface area contributed by atoms with Crippen LogP contribution in [0, 0.1) is 26.6 Å². The van der Waals surface area contributed by atoms with Gasteiger partial charge in [-0.05, 0) is 26.0 Å². The van der Waals surface area contributed by atoms with Gasteiger partial charge in [0, 0.05) is 51.5 Å². The van der Waals surface area contributed by atoms with Crippen molar-refractivity contribution >= 4 is 15.7 Å².